The quantitative estimate of drug-likeness (QED) is 0.673. The molecule has 4 rings (SSSR count). The van der Waals surface area contributed by atoms with Crippen LogP contribution in [0.4, 0.5) is 0 Å². The molecule has 1 aliphatic heterocycles. The van der Waals surface area contributed by atoms with Crippen molar-refractivity contribution >= 4 is 0 Å². The fourth-order valence-electron chi connectivity index (χ4n) is 4.02. The van der Waals surface area contributed by atoms with Gasteiger partial charge in [-0.05, 0) is 42.1 Å². The Kier molecular flexibility index (Phi) is 4.89. The molecule has 1 saturated heterocycles. The standard InChI is InChI=1S/C23H24N2/c1-3-9-19(10-4-1)17-25-16-14-21(18-25)23(20-11-5-2-6-12-20)22-13-7-8-15-24-22/h1-13,15,21,23H,14,16-18H2/t21-,23-/m0/s1. The van der Waals surface area contributed by atoms with Crippen LogP contribution in [0.15, 0.2) is 85.1 Å². The molecule has 25 heavy (non-hydrogen) atoms. The first-order valence-electron chi connectivity index (χ1n) is 9.12. The van der Waals surface area contributed by atoms with Gasteiger partial charge in [0.25, 0.3) is 0 Å². The normalized spacial score (nSPS) is 19.0. The van der Waals surface area contributed by atoms with Crippen molar-refractivity contribution in [2.75, 3.05) is 13.1 Å². The molecular weight excluding hydrogens is 304 g/mol. The number of nitrogens with zero attached hydrogens (tertiary/aromatic N) is 2. The number of hydrogen-bond donors (Lipinski definition) is 0. The molecule has 0 unspecified atom stereocenters. The summed E-state index contributed by atoms with van der Waals surface area (Å²) in [6, 6.07) is 27.9. The molecule has 2 nitrogen and oxygen atoms in total. The van der Waals surface area contributed by atoms with Crippen molar-refractivity contribution in [1.82, 2.24) is 9.88 Å². The Morgan fingerprint density at radius 3 is 2.32 bits per heavy atom. The Labute approximate surface area is 150 Å². The highest BCUT2D eigenvalue weighted by Crippen LogP contribution is 2.36. The van der Waals surface area contributed by atoms with Crippen LogP contribution in [0.5, 0.6) is 0 Å². The molecule has 0 saturated carbocycles. The highest BCUT2D eigenvalue weighted by Gasteiger charge is 2.32. The average Bonchev–Trinajstić information content (AvgIpc) is 3.12. The molecular formula is C23H24N2. The molecule has 2 atom stereocenters. The van der Waals surface area contributed by atoms with Gasteiger partial charge in [0.2, 0.25) is 0 Å². The topological polar surface area (TPSA) is 16.1 Å². The van der Waals surface area contributed by atoms with Gasteiger partial charge < -0.3 is 0 Å². The van der Waals surface area contributed by atoms with Gasteiger partial charge in [-0.25, -0.2) is 0 Å². The fourth-order valence-corrected chi connectivity index (χ4v) is 4.02. The second kappa shape index (κ2) is 7.62. The number of pyridine rings is 1. The summed E-state index contributed by atoms with van der Waals surface area (Å²) in [5.41, 5.74) is 3.98. The van der Waals surface area contributed by atoms with Gasteiger partial charge in [0.15, 0.2) is 0 Å². The zero-order chi connectivity index (χ0) is 16.9. The van der Waals surface area contributed by atoms with Gasteiger partial charge in [0, 0.05) is 30.9 Å². The molecule has 0 spiro atoms. The third-order valence-corrected chi connectivity index (χ3v) is 5.19. The predicted octanol–water partition coefficient (Wildman–Crippen LogP) is 4.74. The molecule has 2 aromatic carbocycles. The summed E-state index contributed by atoms with van der Waals surface area (Å²) >= 11 is 0. The van der Waals surface area contributed by atoms with Crippen LogP contribution in [0, 0.1) is 5.92 Å². The van der Waals surface area contributed by atoms with E-state index in [1.165, 1.54) is 23.2 Å². The smallest absolute Gasteiger partial charge is 0.0481 e. The van der Waals surface area contributed by atoms with E-state index in [0.29, 0.717) is 11.8 Å². The van der Waals surface area contributed by atoms with Gasteiger partial charge in [-0.2, -0.15) is 0 Å². The molecule has 2 heteroatoms. The van der Waals surface area contributed by atoms with Crippen LogP contribution in [0.3, 0.4) is 0 Å². The maximum absolute atomic E-state index is 4.69. The number of aromatic nitrogens is 1. The van der Waals surface area contributed by atoms with E-state index in [-0.39, 0.29) is 0 Å². The van der Waals surface area contributed by atoms with E-state index in [9.17, 15) is 0 Å². The van der Waals surface area contributed by atoms with Crippen LogP contribution in [-0.2, 0) is 6.54 Å². The zero-order valence-corrected chi connectivity index (χ0v) is 14.5. The molecule has 0 bridgehead atoms. The molecule has 1 aliphatic rings. The number of benzene rings is 2. The maximum atomic E-state index is 4.69. The lowest BCUT2D eigenvalue weighted by atomic mass is 9.82. The summed E-state index contributed by atoms with van der Waals surface area (Å²) in [5, 5.41) is 0. The largest absolute Gasteiger partial charge is 0.299 e. The summed E-state index contributed by atoms with van der Waals surface area (Å²) in [6.07, 6.45) is 3.14. The van der Waals surface area contributed by atoms with Gasteiger partial charge in [-0.1, -0.05) is 66.7 Å². The van der Waals surface area contributed by atoms with Gasteiger partial charge >= 0.3 is 0 Å². The molecule has 0 radical (unpaired) electrons. The van der Waals surface area contributed by atoms with Crippen LogP contribution in [0.2, 0.25) is 0 Å². The third kappa shape index (κ3) is 3.80. The molecule has 1 fully saturated rings. The lowest BCUT2D eigenvalue weighted by molar-refractivity contribution is 0.310. The summed E-state index contributed by atoms with van der Waals surface area (Å²) < 4.78 is 0. The maximum Gasteiger partial charge on any atom is 0.0481 e. The van der Waals surface area contributed by atoms with E-state index < -0.39 is 0 Å². The van der Waals surface area contributed by atoms with E-state index in [0.717, 1.165) is 19.6 Å². The van der Waals surface area contributed by atoms with Crippen molar-refractivity contribution in [1.29, 1.82) is 0 Å². The molecule has 0 amide bonds. The summed E-state index contributed by atoms with van der Waals surface area (Å²) in [7, 11) is 0. The molecule has 2 heterocycles. The number of likely N-dealkylation sites (tertiary alicyclic amines) is 1. The second-order valence-electron chi connectivity index (χ2n) is 6.91. The van der Waals surface area contributed by atoms with Crippen LogP contribution in [0.1, 0.15) is 29.2 Å². The first kappa shape index (κ1) is 16.0. The third-order valence-electron chi connectivity index (χ3n) is 5.19. The van der Waals surface area contributed by atoms with Crippen molar-refractivity contribution in [3.63, 3.8) is 0 Å². The van der Waals surface area contributed by atoms with Gasteiger partial charge in [-0.15, -0.1) is 0 Å². The van der Waals surface area contributed by atoms with Gasteiger partial charge in [-0.3, -0.25) is 9.88 Å². The fraction of sp³-hybridized carbons (Fsp3) is 0.261. The molecule has 3 aromatic rings. The van der Waals surface area contributed by atoms with Crippen LogP contribution in [0.25, 0.3) is 0 Å². The molecule has 126 valence electrons. The van der Waals surface area contributed by atoms with Crippen molar-refractivity contribution in [2.24, 2.45) is 5.92 Å². The van der Waals surface area contributed by atoms with Crippen LogP contribution in [-0.4, -0.2) is 23.0 Å². The Balaban J connectivity index is 1.55. The second-order valence-corrected chi connectivity index (χ2v) is 6.91. The van der Waals surface area contributed by atoms with Gasteiger partial charge in [0.1, 0.15) is 0 Å². The predicted molar refractivity (Wildman–Crippen MR) is 102 cm³/mol. The SMILES string of the molecule is c1ccc(CN2CC[C@H]([C@H](c3ccccc3)c3ccccn3)C2)cc1. The minimum absolute atomic E-state index is 0.378. The lowest BCUT2D eigenvalue weighted by Gasteiger charge is -2.24. The van der Waals surface area contributed by atoms with Gasteiger partial charge in [0.05, 0.1) is 0 Å². The van der Waals surface area contributed by atoms with Crippen LogP contribution < -0.4 is 0 Å². The Bertz CT molecular complexity index is 731. The minimum atomic E-state index is 0.378. The lowest BCUT2D eigenvalue weighted by Crippen LogP contribution is -2.23. The first-order valence-corrected chi connectivity index (χ1v) is 9.12. The van der Waals surface area contributed by atoms with E-state index in [2.05, 4.69) is 77.7 Å². The molecule has 1 aromatic heterocycles. The van der Waals surface area contributed by atoms with E-state index in [4.69, 9.17) is 4.98 Å². The summed E-state index contributed by atoms with van der Waals surface area (Å²) in [5.74, 6) is 0.990. The van der Waals surface area contributed by atoms with Crippen molar-refractivity contribution in [3.8, 4) is 0 Å². The average molecular weight is 328 g/mol. The van der Waals surface area contributed by atoms with E-state index in [1.807, 2.05) is 12.3 Å². The first-order chi connectivity index (χ1) is 12.4. The number of hydrogen-bond acceptors (Lipinski definition) is 2. The van der Waals surface area contributed by atoms with E-state index in [1.54, 1.807) is 0 Å². The van der Waals surface area contributed by atoms with Crippen molar-refractivity contribution < 1.29 is 0 Å². The van der Waals surface area contributed by atoms with Crippen molar-refractivity contribution in [2.45, 2.75) is 18.9 Å². The summed E-state index contributed by atoms with van der Waals surface area (Å²) in [4.78, 5) is 7.27. The Morgan fingerprint density at radius 2 is 1.60 bits per heavy atom. The summed E-state index contributed by atoms with van der Waals surface area (Å²) in [6.45, 7) is 3.34. The highest BCUT2D eigenvalue weighted by atomic mass is 15.1. The van der Waals surface area contributed by atoms with Crippen LogP contribution >= 0.6 is 0 Å². The molecule has 0 N–H and O–H groups in total. The monoisotopic (exact) mass is 328 g/mol. The highest BCUT2D eigenvalue weighted by molar-refractivity contribution is 5.30. The zero-order valence-electron chi connectivity index (χ0n) is 14.5. The molecule has 0 aliphatic carbocycles. The minimum Gasteiger partial charge on any atom is -0.299 e. The number of rotatable bonds is 5. The van der Waals surface area contributed by atoms with E-state index >= 15 is 0 Å². The van der Waals surface area contributed by atoms with Crippen molar-refractivity contribution in [3.05, 3.63) is 102 Å². The Morgan fingerprint density at radius 1 is 0.880 bits per heavy atom. The Hall–Kier alpha value is -2.45.